The number of carbonyl (C=O) groups excluding carboxylic acids is 2. The van der Waals surface area contributed by atoms with Crippen molar-refractivity contribution in [3.05, 3.63) is 69.7 Å². The van der Waals surface area contributed by atoms with Crippen LogP contribution in [0.3, 0.4) is 0 Å². The quantitative estimate of drug-likeness (QED) is 0.775. The number of hydrogen-bond acceptors (Lipinski definition) is 2. The summed E-state index contributed by atoms with van der Waals surface area (Å²) < 4.78 is 0. The highest BCUT2D eigenvalue weighted by Crippen LogP contribution is 2.50. The summed E-state index contributed by atoms with van der Waals surface area (Å²) in [5, 5.41) is 1.34. The maximum atomic E-state index is 12.8. The fourth-order valence-corrected chi connectivity index (χ4v) is 4.13. The molecule has 2 aromatic rings. The van der Waals surface area contributed by atoms with Crippen LogP contribution in [0.5, 0.6) is 0 Å². The van der Waals surface area contributed by atoms with Crippen molar-refractivity contribution in [2.75, 3.05) is 26.2 Å². The van der Waals surface area contributed by atoms with Crippen LogP contribution in [0.1, 0.15) is 28.3 Å². The van der Waals surface area contributed by atoms with Crippen molar-refractivity contribution < 1.29 is 9.59 Å². The lowest BCUT2D eigenvalue weighted by atomic mass is 10.1. The SMILES string of the molecule is O=C(c1ccc(Cl)cc1)N1CCN(C(=O)C2CC2c2ccccc2Cl)CC1. The second-order valence-electron chi connectivity index (χ2n) is 7.09. The molecular formula is C21H20Cl2N2O2. The van der Waals surface area contributed by atoms with E-state index >= 15 is 0 Å². The van der Waals surface area contributed by atoms with Gasteiger partial charge in [0.15, 0.2) is 0 Å². The summed E-state index contributed by atoms with van der Waals surface area (Å²) in [6, 6.07) is 14.7. The van der Waals surface area contributed by atoms with Gasteiger partial charge in [0.1, 0.15) is 0 Å². The van der Waals surface area contributed by atoms with Crippen molar-refractivity contribution >= 4 is 35.0 Å². The minimum absolute atomic E-state index is 0.0147. The molecule has 0 bridgehead atoms. The third kappa shape index (κ3) is 3.83. The van der Waals surface area contributed by atoms with Crippen LogP contribution in [-0.4, -0.2) is 47.8 Å². The van der Waals surface area contributed by atoms with E-state index in [1.54, 1.807) is 29.2 Å². The highest BCUT2D eigenvalue weighted by Gasteiger charge is 2.46. The van der Waals surface area contributed by atoms with E-state index in [2.05, 4.69) is 0 Å². The molecule has 0 spiro atoms. The van der Waals surface area contributed by atoms with Gasteiger partial charge < -0.3 is 9.80 Å². The van der Waals surface area contributed by atoms with Crippen LogP contribution in [0.15, 0.2) is 48.5 Å². The monoisotopic (exact) mass is 402 g/mol. The predicted molar refractivity (Wildman–Crippen MR) is 106 cm³/mol. The molecule has 140 valence electrons. The molecule has 0 radical (unpaired) electrons. The third-order valence-corrected chi connectivity index (χ3v) is 5.98. The average Bonchev–Trinajstić information content (AvgIpc) is 3.48. The standard InChI is InChI=1S/C21H20Cl2N2O2/c22-15-7-5-14(6-8-15)20(26)24-9-11-25(12-10-24)21(27)18-13-17(18)16-3-1-2-4-19(16)23/h1-8,17-18H,9-13H2. The molecule has 2 unspecified atom stereocenters. The number of hydrogen-bond donors (Lipinski definition) is 0. The van der Waals surface area contributed by atoms with E-state index in [1.807, 2.05) is 29.2 Å². The summed E-state index contributed by atoms with van der Waals surface area (Å²) in [7, 11) is 0. The summed E-state index contributed by atoms with van der Waals surface area (Å²) in [5.41, 5.74) is 1.69. The molecule has 2 aromatic carbocycles. The Bertz CT molecular complexity index is 861. The summed E-state index contributed by atoms with van der Waals surface area (Å²) in [6.07, 6.45) is 0.854. The summed E-state index contributed by atoms with van der Waals surface area (Å²) in [6.45, 7) is 2.25. The van der Waals surface area contributed by atoms with Gasteiger partial charge in [-0.15, -0.1) is 0 Å². The Labute approximate surface area is 168 Å². The molecule has 1 saturated carbocycles. The normalized spacial score (nSPS) is 21.9. The van der Waals surface area contributed by atoms with Crippen molar-refractivity contribution in [3.8, 4) is 0 Å². The zero-order valence-electron chi connectivity index (χ0n) is 14.8. The highest BCUT2D eigenvalue weighted by molar-refractivity contribution is 6.31. The number of halogens is 2. The van der Waals surface area contributed by atoms with Crippen LogP contribution in [0.25, 0.3) is 0 Å². The Kier molecular flexibility index (Phi) is 5.11. The average molecular weight is 403 g/mol. The van der Waals surface area contributed by atoms with Gasteiger partial charge in [0.2, 0.25) is 5.91 Å². The van der Waals surface area contributed by atoms with Gasteiger partial charge in [-0.1, -0.05) is 41.4 Å². The van der Waals surface area contributed by atoms with Crippen LogP contribution < -0.4 is 0 Å². The van der Waals surface area contributed by atoms with Gasteiger partial charge in [0, 0.05) is 47.7 Å². The first kappa shape index (κ1) is 18.3. The smallest absolute Gasteiger partial charge is 0.253 e. The fraction of sp³-hybridized carbons (Fsp3) is 0.333. The summed E-state index contributed by atoms with van der Waals surface area (Å²) in [5.74, 6) is 0.404. The summed E-state index contributed by atoms with van der Waals surface area (Å²) in [4.78, 5) is 29.1. The van der Waals surface area contributed by atoms with Crippen molar-refractivity contribution in [2.45, 2.75) is 12.3 Å². The lowest BCUT2D eigenvalue weighted by molar-refractivity contribution is -0.134. The van der Waals surface area contributed by atoms with Crippen LogP contribution in [-0.2, 0) is 4.79 Å². The molecule has 1 saturated heterocycles. The van der Waals surface area contributed by atoms with E-state index in [-0.39, 0.29) is 23.7 Å². The molecule has 2 fully saturated rings. The fourth-order valence-electron chi connectivity index (χ4n) is 3.73. The number of piperazine rings is 1. The van der Waals surface area contributed by atoms with Crippen LogP contribution in [0.4, 0.5) is 0 Å². The number of carbonyl (C=O) groups is 2. The van der Waals surface area contributed by atoms with E-state index in [0.29, 0.717) is 36.8 Å². The van der Waals surface area contributed by atoms with Crippen molar-refractivity contribution in [1.29, 1.82) is 0 Å². The molecule has 4 rings (SSSR count). The van der Waals surface area contributed by atoms with Gasteiger partial charge in [0.05, 0.1) is 0 Å². The predicted octanol–water partition coefficient (Wildman–Crippen LogP) is 4.08. The zero-order valence-corrected chi connectivity index (χ0v) is 16.3. The first-order valence-electron chi connectivity index (χ1n) is 9.12. The van der Waals surface area contributed by atoms with E-state index in [4.69, 9.17) is 23.2 Å². The zero-order chi connectivity index (χ0) is 19.0. The second kappa shape index (κ2) is 7.53. The van der Waals surface area contributed by atoms with E-state index < -0.39 is 0 Å². The van der Waals surface area contributed by atoms with Gasteiger partial charge in [-0.25, -0.2) is 0 Å². The Hall–Kier alpha value is -2.04. The Morgan fingerprint density at radius 1 is 0.852 bits per heavy atom. The molecule has 27 heavy (non-hydrogen) atoms. The van der Waals surface area contributed by atoms with Crippen LogP contribution >= 0.6 is 23.2 Å². The van der Waals surface area contributed by atoms with Gasteiger partial charge in [-0.05, 0) is 48.2 Å². The maximum Gasteiger partial charge on any atom is 0.253 e. The molecular weight excluding hydrogens is 383 g/mol. The summed E-state index contributed by atoms with van der Waals surface area (Å²) >= 11 is 12.1. The Morgan fingerprint density at radius 3 is 2.15 bits per heavy atom. The molecule has 0 aromatic heterocycles. The minimum Gasteiger partial charge on any atom is -0.339 e. The largest absolute Gasteiger partial charge is 0.339 e. The molecule has 4 nitrogen and oxygen atoms in total. The molecule has 1 aliphatic heterocycles. The maximum absolute atomic E-state index is 12.8. The third-order valence-electron chi connectivity index (χ3n) is 5.38. The van der Waals surface area contributed by atoms with Crippen molar-refractivity contribution in [2.24, 2.45) is 5.92 Å². The van der Waals surface area contributed by atoms with Gasteiger partial charge in [0.25, 0.3) is 5.91 Å². The topological polar surface area (TPSA) is 40.6 Å². The molecule has 2 amide bonds. The molecule has 0 N–H and O–H groups in total. The Balaban J connectivity index is 1.33. The molecule has 1 aliphatic carbocycles. The van der Waals surface area contributed by atoms with Crippen LogP contribution in [0.2, 0.25) is 10.0 Å². The first-order valence-corrected chi connectivity index (χ1v) is 9.88. The van der Waals surface area contributed by atoms with E-state index in [1.165, 1.54) is 0 Å². The molecule has 6 heteroatoms. The van der Waals surface area contributed by atoms with Crippen LogP contribution in [0, 0.1) is 5.92 Å². The minimum atomic E-state index is -0.0147. The molecule has 2 aliphatic rings. The number of nitrogens with zero attached hydrogens (tertiary/aromatic N) is 2. The number of rotatable bonds is 3. The first-order chi connectivity index (χ1) is 13.0. The lowest BCUT2D eigenvalue weighted by Gasteiger charge is -2.35. The lowest BCUT2D eigenvalue weighted by Crippen LogP contribution is -2.51. The molecule has 2 atom stereocenters. The number of amides is 2. The highest BCUT2D eigenvalue weighted by atomic mass is 35.5. The van der Waals surface area contributed by atoms with Gasteiger partial charge in [-0.2, -0.15) is 0 Å². The van der Waals surface area contributed by atoms with E-state index in [0.717, 1.165) is 17.0 Å². The van der Waals surface area contributed by atoms with Gasteiger partial charge in [-0.3, -0.25) is 9.59 Å². The van der Waals surface area contributed by atoms with E-state index in [9.17, 15) is 9.59 Å². The number of benzene rings is 2. The van der Waals surface area contributed by atoms with Crippen molar-refractivity contribution in [3.63, 3.8) is 0 Å². The van der Waals surface area contributed by atoms with Gasteiger partial charge >= 0.3 is 0 Å². The molecule has 1 heterocycles. The second-order valence-corrected chi connectivity index (χ2v) is 7.94. The Morgan fingerprint density at radius 2 is 1.48 bits per heavy atom. The van der Waals surface area contributed by atoms with Crippen molar-refractivity contribution in [1.82, 2.24) is 9.80 Å².